The second kappa shape index (κ2) is 11.3. The van der Waals surface area contributed by atoms with Crippen LogP contribution in [0.5, 0.6) is 5.75 Å². The average Bonchev–Trinajstić information content (AvgIpc) is 3.34. The maximum absolute atomic E-state index is 12.9. The Bertz CT molecular complexity index is 1110. The fourth-order valence-electron chi connectivity index (χ4n) is 4.12. The van der Waals surface area contributed by atoms with Gasteiger partial charge in [-0.15, -0.1) is 11.3 Å². The van der Waals surface area contributed by atoms with Gasteiger partial charge in [-0.2, -0.15) is 0 Å². The van der Waals surface area contributed by atoms with Crippen molar-refractivity contribution < 1.29 is 14.3 Å². The molecule has 0 aliphatic heterocycles. The molecule has 2 amide bonds. The fourth-order valence-corrected chi connectivity index (χ4v) is 4.81. The quantitative estimate of drug-likeness (QED) is 0.475. The Morgan fingerprint density at radius 1 is 0.971 bits per heavy atom. The number of rotatable bonds is 8. The average molecular weight is 478 g/mol. The van der Waals surface area contributed by atoms with Gasteiger partial charge in [-0.1, -0.05) is 49.6 Å². The summed E-state index contributed by atoms with van der Waals surface area (Å²) in [4.78, 5) is 30.1. The summed E-state index contributed by atoms with van der Waals surface area (Å²) >= 11 is 1.41. The Morgan fingerprint density at radius 2 is 1.62 bits per heavy atom. The summed E-state index contributed by atoms with van der Waals surface area (Å²) in [5.74, 6) is 0.464. The summed E-state index contributed by atoms with van der Waals surface area (Å²) in [6.45, 7) is 4.44. The lowest BCUT2D eigenvalue weighted by Crippen LogP contribution is -2.53. The molecule has 4 rings (SSSR count). The van der Waals surface area contributed by atoms with E-state index in [1.165, 1.54) is 22.5 Å². The first kappa shape index (κ1) is 24.0. The molecule has 0 radical (unpaired) electrons. The van der Waals surface area contributed by atoms with E-state index in [-0.39, 0.29) is 23.9 Å². The van der Waals surface area contributed by atoms with Crippen LogP contribution in [0, 0.1) is 6.92 Å². The van der Waals surface area contributed by atoms with Gasteiger partial charge in [0.05, 0.1) is 0 Å². The number of aryl methyl sites for hydroxylation is 2. The molecule has 1 aliphatic carbocycles. The number of carbonyl (C=O) groups excluding carboxylic acids is 2. The third-order valence-corrected chi connectivity index (χ3v) is 7.01. The number of aromatic nitrogens is 1. The molecule has 2 atom stereocenters. The van der Waals surface area contributed by atoms with Crippen molar-refractivity contribution in [2.24, 2.45) is 0 Å². The van der Waals surface area contributed by atoms with E-state index in [0.29, 0.717) is 17.9 Å². The minimum absolute atomic E-state index is 0.0981. The van der Waals surface area contributed by atoms with Crippen molar-refractivity contribution in [1.82, 2.24) is 15.6 Å². The molecule has 0 unspecified atom stereocenters. The zero-order valence-electron chi connectivity index (χ0n) is 19.7. The first-order valence-electron chi connectivity index (χ1n) is 11.9. The van der Waals surface area contributed by atoms with Crippen LogP contribution in [-0.2, 0) is 13.0 Å². The molecule has 178 valence electrons. The lowest BCUT2D eigenvalue weighted by molar-refractivity contribution is 0.0860. The third-order valence-electron chi connectivity index (χ3n) is 6.19. The summed E-state index contributed by atoms with van der Waals surface area (Å²) in [6.07, 6.45) is 4.67. The number of amides is 2. The molecular weight excluding hydrogens is 446 g/mol. The molecule has 1 fully saturated rings. The van der Waals surface area contributed by atoms with Crippen LogP contribution >= 0.6 is 11.3 Å². The number of hydrogen-bond donors (Lipinski definition) is 2. The predicted molar refractivity (Wildman–Crippen MR) is 134 cm³/mol. The minimum atomic E-state index is -0.212. The summed E-state index contributed by atoms with van der Waals surface area (Å²) in [5, 5.41) is 8.74. The lowest BCUT2D eigenvalue weighted by Gasteiger charge is -2.32. The Hall–Kier alpha value is -3.19. The van der Waals surface area contributed by atoms with E-state index in [4.69, 9.17) is 4.74 Å². The topological polar surface area (TPSA) is 80.3 Å². The van der Waals surface area contributed by atoms with Crippen molar-refractivity contribution in [3.8, 4) is 5.75 Å². The zero-order chi connectivity index (χ0) is 23.9. The van der Waals surface area contributed by atoms with Gasteiger partial charge in [0.1, 0.15) is 23.1 Å². The van der Waals surface area contributed by atoms with Crippen LogP contribution < -0.4 is 15.4 Å². The molecule has 0 saturated heterocycles. The maximum atomic E-state index is 12.9. The third kappa shape index (κ3) is 6.23. The number of benzene rings is 2. The van der Waals surface area contributed by atoms with E-state index in [2.05, 4.69) is 22.5 Å². The molecule has 0 spiro atoms. The Morgan fingerprint density at radius 3 is 2.26 bits per heavy atom. The van der Waals surface area contributed by atoms with Gasteiger partial charge in [0, 0.05) is 23.0 Å². The van der Waals surface area contributed by atoms with Crippen molar-refractivity contribution in [1.29, 1.82) is 0 Å². The van der Waals surface area contributed by atoms with Crippen LogP contribution in [0.25, 0.3) is 0 Å². The second-order valence-corrected chi connectivity index (χ2v) is 9.67. The number of thiazole rings is 1. The molecule has 1 aromatic heterocycles. The zero-order valence-corrected chi connectivity index (χ0v) is 20.5. The van der Waals surface area contributed by atoms with Gasteiger partial charge in [0.25, 0.3) is 11.8 Å². The largest absolute Gasteiger partial charge is 0.486 e. The van der Waals surface area contributed by atoms with E-state index in [1.807, 2.05) is 55.5 Å². The van der Waals surface area contributed by atoms with Crippen LogP contribution in [0.1, 0.15) is 69.6 Å². The highest BCUT2D eigenvalue weighted by Gasteiger charge is 2.29. The van der Waals surface area contributed by atoms with Gasteiger partial charge in [-0.3, -0.25) is 9.59 Å². The molecule has 1 saturated carbocycles. The van der Waals surface area contributed by atoms with E-state index >= 15 is 0 Å². The molecule has 2 aromatic carbocycles. The highest BCUT2D eigenvalue weighted by Crippen LogP contribution is 2.21. The van der Waals surface area contributed by atoms with E-state index in [1.54, 1.807) is 5.38 Å². The van der Waals surface area contributed by atoms with Gasteiger partial charge < -0.3 is 15.4 Å². The van der Waals surface area contributed by atoms with Crippen molar-refractivity contribution >= 4 is 23.2 Å². The lowest BCUT2D eigenvalue weighted by atomic mass is 9.90. The smallest absolute Gasteiger partial charge is 0.271 e. The molecule has 1 aliphatic rings. The summed E-state index contributed by atoms with van der Waals surface area (Å²) in [7, 11) is 0. The highest BCUT2D eigenvalue weighted by molar-refractivity contribution is 7.09. The molecule has 6 nitrogen and oxygen atoms in total. The highest BCUT2D eigenvalue weighted by atomic mass is 32.1. The number of nitrogens with zero attached hydrogens (tertiary/aromatic N) is 1. The van der Waals surface area contributed by atoms with Crippen molar-refractivity contribution in [3.63, 3.8) is 0 Å². The molecule has 7 heteroatoms. The summed E-state index contributed by atoms with van der Waals surface area (Å²) in [6, 6.07) is 15.3. The number of carbonyl (C=O) groups is 2. The van der Waals surface area contributed by atoms with Gasteiger partial charge >= 0.3 is 0 Å². The van der Waals surface area contributed by atoms with Crippen LogP contribution in [0.15, 0.2) is 53.9 Å². The van der Waals surface area contributed by atoms with Gasteiger partial charge in [-0.25, -0.2) is 4.98 Å². The van der Waals surface area contributed by atoms with E-state index in [9.17, 15) is 9.59 Å². The standard InChI is InChI=1S/C27H31N3O3S/c1-3-19-10-12-20(13-11-19)26(31)29-22-6-4-5-7-23(22)30-27(32)24-17-34-25(28-24)16-33-21-14-8-18(2)9-15-21/h8-15,17,22-23H,3-7,16H2,1-2H3,(H,29,31)(H,30,32)/t22-,23-/m0/s1. The van der Waals surface area contributed by atoms with Crippen molar-refractivity contribution in [2.75, 3.05) is 0 Å². The summed E-state index contributed by atoms with van der Waals surface area (Å²) < 4.78 is 5.78. The van der Waals surface area contributed by atoms with Gasteiger partial charge in [-0.05, 0) is 56.0 Å². The number of nitrogens with one attached hydrogen (secondary N) is 2. The first-order chi connectivity index (χ1) is 16.5. The number of ether oxygens (including phenoxy) is 1. The SMILES string of the molecule is CCc1ccc(C(=O)N[C@H]2CCCC[C@@H]2NC(=O)c2csc(COc3ccc(C)cc3)n2)cc1. The molecule has 1 heterocycles. The molecular formula is C27H31N3O3S. The molecule has 34 heavy (non-hydrogen) atoms. The van der Waals surface area contributed by atoms with Gasteiger partial charge in [0.2, 0.25) is 0 Å². The Kier molecular flexibility index (Phi) is 7.95. The normalized spacial score (nSPS) is 17.7. The van der Waals surface area contributed by atoms with Crippen molar-refractivity contribution in [2.45, 2.75) is 64.6 Å². The first-order valence-corrected chi connectivity index (χ1v) is 12.7. The van der Waals surface area contributed by atoms with Crippen LogP contribution in [0.2, 0.25) is 0 Å². The van der Waals surface area contributed by atoms with Crippen LogP contribution in [0.4, 0.5) is 0 Å². The Labute approximate surface area is 204 Å². The monoisotopic (exact) mass is 477 g/mol. The number of hydrogen-bond acceptors (Lipinski definition) is 5. The summed E-state index contributed by atoms with van der Waals surface area (Å²) in [5.41, 5.74) is 3.40. The second-order valence-electron chi connectivity index (χ2n) is 8.72. The van der Waals surface area contributed by atoms with Crippen LogP contribution in [-0.4, -0.2) is 28.9 Å². The molecule has 3 aromatic rings. The molecule has 2 N–H and O–H groups in total. The molecule has 0 bridgehead atoms. The fraction of sp³-hybridized carbons (Fsp3) is 0.370. The minimum Gasteiger partial charge on any atom is -0.486 e. The van der Waals surface area contributed by atoms with E-state index < -0.39 is 0 Å². The maximum Gasteiger partial charge on any atom is 0.271 e. The van der Waals surface area contributed by atoms with Gasteiger partial charge in [0.15, 0.2) is 0 Å². The van der Waals surface area contributed by atoms with E-state index in [0.717, 1.165) is 42.9 Å². The Balaban J connectivity index is 1.33. The van der Waals surface area contributed by atoms with Crippen molar-refractivity contribution in [3.05, 3.63) is 81.3 Å². The predicted octanol–water partition coefficient (Wildman–Crippen LogP) is 5.06. The van der Waals surface area contributed by atoms with Crippen LogP contribution in [0.3, 0.4) is 0 Å².